The van der Waals surface area contributed by atoms with E-state index in [4.69, 9.17) is 16.3 Å². The van der Waals surface area contributed by atoms with Gasteiger partial charge in [0.2, 0.25) is 0 Å². The molecule has 0 bridgehead atoms. The van der Waals surface area contributed by atoms with Crippen LogP contribution in [0.5, 0.6) is 0 Å². The van der Waals surface area contributed by atoms with Crippen molar-refractivity contribution >= 4 is 34.0 Å². The van der Waals surface area contributed by atoms with Crippen molar-refractivity contribution in [2.45, 2.75) is 20.4 Å². The fourth-order valence-electron chi connectivity index (χ4n) is 3.60. The SMILES string of the molecule is Cc1cc(C(=O)Nc2nc(CN3CCOCC3)cs2)c(C)n1-c1cccc(Cl)c1. The average Bonchev–Trinajstić information content (AvgIpc) is 3.26. The highest BCUT2D eigenvalue weighted by Gasteiger charge is 2.19. The molecule has 1 aliphatic heterocycles. The molecular formula is C21H23ClN4O2S. The van der Waals surface area contributed by atoms with E-state index in [0.29, 0.717) is 15.7 Å². The molecule has 1 aromatic carbocycles. The van der Waals surface area contributed by atoms with Crippen molar-refractivity contribution < 1.29 is 9.53 Å². The molecular weight excluding hydrogens is 408 g/mol. The minimum absolute atomic E-state index is 0.154. The topological polar surface area (TPSA) is 59.4 Å². The van der Waals surface area contributed by atoms with Crippen molar-refractivity contribution in [2.75, 3.05) is 31.6 Å². The molecule has 0 radical (unpaired) electrons. The van der Waals surface area contributed by atoms with Crippen LogP contribution in [0.2, 0.25) is 5.02 Å². The Morgan fingerprint density at radius 3 is 2.83 bits per heavy atom. The average molecular weight is 431 g/mol. The number of benzene rings is 1. The first-order valence-corrected chi connectivity index (χ1v) is 10.8. The fraction of sp³-hybridized carbons (Fsp3) is 0.333. The number of hydrogen-bond acceptors (Lipinski definition) is 5. The van der Waals surface area contributed by atoms with Gasteiger partial charge < -0.3 is 9.30 Å². The molecule has 3 heterocycles. The van der Waals surface area contributed by atoms with Crippen LogP contribution in [0.25, 0.3) is 5.69 Å². The van der Waals surface area contributed by atoms with Crippen molar-refractivity contribution in [2.24, 2.45) is 0 Å². The molecule has 6 nitrogen and oxygen atoms in total. The van der Waals surface area contributed by atoms with Gasteiger partial charge in [0, 0.05) is 47.1 Å². The van der Waals surface area contributed by atoms with Gasteiger partial charge in [0.25, 0.3) is 5.91 Å². The van der Waals surface area contributed by atoms with Crippen molar-refractivity contribution in [3.8, 4) is 5.69 Å². The largest absolute Gasteiger partial charge is 0.379 e. The van der Waals surface area contributed by atoms with Gasteiger partial charge in [-0.2, -0.15) is 0 Å². The fourth-order valence-corrected chi connectivity index (χ4v) is 4.48. The van der Waals surface area contributed by atoms with Crippen LogP contribution in [0, 0.1) is 13.8 Å². The van der Waals surface area contributed by atoms with Gasteiger partial charge in [-0.25, -0.2) is 4.98 Å². The molecule has 8 heteroatoms. The maximum Gasteiger partial charge on any atom is 0.259 e. The van der Waals surface area contributed by atoms with Crippen molar-refractivity contribution in [3.63, 3.8) is 0 Å². The Balaban J connectivity index is 1.48. The highest BCUT2D eigenvalue weighted by atomic mass is 35.5. The number of thiazole rings is 1. The van der Waals surface area contributed by atoms with Gasteiger partial charge in [0.05, 0.1) is 24.5 Å². The number of morpholine rings is 1. The normalized spacial score (nSPS) is 14.9. The highest BCUT2D eigenvalue weighted by molar-refractivity contribution is 7.14. The van der Waals surface area contributed by atoms with Crippen LogP contribution in [0.1, 0.15) is 27.4 Å². The Bertz CT molecular complexity index is 1020. The van der Waals surface area contributed by atoms with E-state index in [0.717, 1.165) is 55.6 Å². The van der Waals surface area contributed by atoms with E-state index in [2.05, 4.69) is 15.2 Å². The summed E-state index contributed by atoms with van der Waals surface area (Å²) in [5.74, 6) is -0.154. The third-order valence-electron chi connectivity index (χ3n) is 5.00. The van der Waals surface area contributed by atoms with E-state index >= 15 is 0 Å². The third-order valence-corrected chi connectivity index (χ3v) is 6.05. The standard InChI is InChI=1S/C21H23ClN4O2S/c1-14-10-19(15(2)26(14)18-5-3-4-16(22)11-18)20(27)24-21-23-17(13-29-21)12-25-6-8-28-9-7-25/h3-5,10-11,13H,6-9,12H2,1-2H3,(H,23,24,27). The summed E-state index contributed by atoms with van der Waals surface area (Å²) >= 11 is 7.59. The number of aryl methyl sites for hydroxylation is 1. The van der Waals surface area contributed by atoms with Crippen LogP contribution in [0.15, 0.2) is 35.7 Å². The summed E-state index contributed by atoms with van der Waals surface area (Å²) in [4.78, 5) is 19.8. The van der Waals surface area contributed by atoms with Crippen molar-refractivity contribution in [1.82, 2.24) is 14.5 Å². The Labute approximate surface area is 179 Å². The lowest BCUT2D eigenvalue weighted by Gasteiger charge is -2.25. The molecule has 2 aromatic heterocycles. The smallest absolute Gasteiger partial charge is 0.259 e. The lowest BCUT2D eigenvalue weighted by molar-refractivity contribution is 0.0337. The maximum atomic E-state index is 12.9. The highest BCUT2D eigenvalue weighted by Crippen LogP contribution is 2.24. The number of nitrogens with zero attached hydrogens (tertiary/aromatic N) is 3. The zero-order valence-electron chi connectivity index (χ0n) is 16.4. The van der Waals surface area contributed by atoms with Crippen LogP contribution < -0.4 is 5.32 Å². The van der Waals surface area contributed by atoms with Crippen LogP contribution in [0.4, 0.5) is 5.13 Å². The van der Waals surface area contributed by atoms with Crippen molar-refractivity contribution in [3.05, 3.63) is 63.4 Å². The quantitative estimate of drug-likeness (QED) is 0.656. The summed E-state index contributed by atoms with van der Waals surface area (Å²) < 4.78 is 7.41. The summed E-state index contributed by atoms with van der Waals surface area (Å²) in [7, 11) is 0. The molecule has 0 spiro atoms. The molecule has 29 heavy (non-hydrogen) atoms. The maximum absolute atomic E-state index is 12.9. The van der Waals surface area contributed by atoms with E-state index in [-0.39, 0.29) is 5.91 Å². The van der Waals surface area contributed by atoms with E-state index in [1.165, 1.54) is 11.3 Å². The number of nitrogens with one attached hydrogen (secondary N) is 1. The van der Waals surface area contributed by atoms with Gasteiger partial charge in [0.1, 0.15) is 0 Å². The van der Waals surface area contributed by atoms with E-state index in [9.17, 15) is 4.79 Å². The first-order valence-electron chi connectivity index (χ1n) is 9.52. The number of aromatic nitrogens is 2. The first kappa shape index (κ1) is 20.1. The van der Waals surface area contributed by atoms with E-state index in [1.807, 2.05) is 54.1 Å². The molecule has 1 N–H and O–H groups in total. The summed E-state index contributed by atoms with van der Waals surface area (Å²) in [6.07, 6.45) is 0. The summed E-state index contributed by atoms with van der Waals surface area (Å²) in [6, 6.07) is 9.51. The molecule has 0 unspecified atom stereocenters. The minimum Gasteiger partial charge on any atom is -0.379 e. The lowest BCUT2D eigenvalue weighted by atomic mass is 10.2. The monoisotopic (exact) mass is 430 g/mol. The van der Waals surface area contributed by atoms with Crippen LogP contribution in [-0.4, -0.2) is 46.7 Å². The van der Waals surface area contributed by atoms with Crippen LogP contribution >= 0.6 is 22.9 Å². The second-order valence-corrected chi connectivity index (χ2v) is 8.38. The number of ether oxygens (including phenoxy) is 1. The lowest BCUT2D eigenvalue weighted by Crippen LogP contribution is -2.35. The van der Waals surface area contributed by atoms with Gasteiger partial charge in [-0.05, 0) is 38.1 Å². The summed E-state index contributed by atoms with van der Waals surface area (Å²) in [5, 5.41) is 6.23. The molecule has 4 rings (SSSR count). The Kier molecular flexibility index (Phi) is 6.01. The van der Waals surface area contributed by atoms with Gasteiger partial charge in [-0.15, -0.1) is 11.3 Å². The van der Waals surface area contributed by atoms with E-state index < -0.39 is 0 Å². The van der Waals surface area contributed by atoms with Crippen molar-refractivity contribution in [1.29, 1.82) is 0 Å². The molecule has 1 amide bonds. The molecule has 1 fully saturated rings. The minimum atomic E-state index is -0.154. The number of amides is 1. The number of hydrogen-bond donors (Lipinski definition) is 1. The molecule has 0 aliphatic carbocycles. The number of carbonyl (C=O) groups excluding carboxylic acids is 1. The molecule has 3 aromatic rings. The number of halogens is 1. The molecule has 0 saturated carbocycles. The molecule has 1 aliphatic rings. The predicted octanol–water partition coefficient (Wildman–Crippen LogP) is 4.29. The molecule has 1 saturated heterocycles. The second-order valence-electron chi connectivity index (χ2n) is 7.09. The van der Waals surface area contributed by atoms with Gasteiger partial charge >= 0.3 is 0 Å². The zero-order valence-corrected chi connectivity index (χ0v) is 18.0. The Morgan fingerprint density at radius 1 is 1.28 bits per heavy atom. The van der Waals surface area contributed by atoms with Gasteiger partial charge in [0.15, 0.2) is 5.13 Å². The molecule has 0 atom stereocenters. The van der Waals surface area contributed by atoms with Crippen LogP contribution in [-0.2, 0) is 11.3 Å². The van der Waals surface area contributed by atoms with Crippen LogP contribution in [0.3, 0.4) is 0 Å². The zero-order chi connectivity index (χ0) is 20.4. The van der Waals surface area contributed by atoms with E-state index in [1.54, 1.807) is 0 Å². The Hall–Kier alpha value is -2.19. The Morgan fingerprint density at radius 2 is 2.07 bits per heavy atom. The number of rotatable bonds is 5. The summed E-state index contributed by atoms with van der Waals surface area (Å²) in [6.45, 7) is 8.04. The second kappa shape index (κ2) is 8.67. The summed E-state index contributed by atoms with van der Waals surface area (Å²) in [5.41, 5.74) is 4.38. The van der Waals surface area contributed by atoms with Gasteiger partial charge in [-0.3, -0.25) is 15.0 Å². The molecule has 152 valence electrons. The van der Waals surface area contributed by atoms with Gasteiger partial charge in [-0.1, -0.05) is 17.7 Å². The predicted molar refractivity (Wildman–Crippen MR) is 116 cm³/mol. The number of carbonyl (C=O) groups is 1. The third kappa shape index (κ3) is 4.53. The first-order chi connectivity index (χ1) is 14.0. The number of anilines is 1.